The van der Waals surface area contributed by atoms with Gasteiger partial charge in [0.15, 0.2) is 5.79 Å². The second kappa shape index (κ2) is 5.89. The van der Waals surface area contributed by atoms with Crippen molar-refractivity contribution < 1.29 is 9.47 Å². The van der Waals surface area contributed by atoms with E-state index >= 15 is 0 Å². The molecule has 1 atom stereocenters. The molecule has 0 bridgehead atoms. The number of nitrogens with zero attached hydrogens (tertiary/aromatic N) is 1. The molecule has 112 valence electrons. The Morgan fingerprint density at radius 1 is 1.38 bits per heavy atom. The van der Waals surface area contributed by atoms with Crippen LogP contribution in [0.25, 0.3) is 10.9 Å². The third-order valence-corrected chi connectivity index (χ3v) is 3.88. The molecule has 1 aromatic carbocycles. The van der Waals surface area contributed by atoms with Gasteiger partial charge in [-0.3, -0.25) is 4.98 Å². The lowest BCUT2D eigenvalue weighted by atomic mass is 10.1. The number of pyridine rings is 1. The molecule has 1 saturated heterocycles. The largest absolute Gasteiger partial charge is 0.348 e. The third kappa shape index (κ3) is 3.35. The fourth-order valence-electron chi connectivity index (χ4n) is 2.57. The Morgan fingerprint density at radius 3 is 3.00 bits per heavy atom. The predicted octanol–water partition coefficient (Wildman–Crippen LogP) is 3.13. The number of nitrogens with one attached hydrogen (secondary N) is 1. The highest BCUT2D eigenvalue weighted by Crippen LogP contribution is 2.25. The van der Waals surface area contributed by atoms with Gasteiger partial charge in [-0.1, -0.05) is 17.7 Å². The lowest BCUT2D eigenvalue weighted by Gasteiger charge is -2.17. The average Bonchev–Trinajstić information content (AvgIpc) is 2.81. The quantitative estimate of drug-likeness (QED) is 0.942. The van der Waals surface area contributed by atoms with Crippen LogP contribution in [-0.4, -0.2) is 30.0 Å². The minimum atomic E-state index is -0.471. The molecule has 0 radical (unpaired) electrons. The molecule has 2 heterocycles. The van der Waals surface area contributed by atoms with Crippen LogP contribution in [0.5, 0.6) is 0 Å². The first kappa shape index (κ1) is 14.7. The number of halogens is 1. The second-order valence-corrected chi connectivity index (χ2v) is 6.09. The van der Waals surface area contributed by atoms with E-state index in [4.69, 9.17) is 21.1 Å². The topological polar surface area (TPSA) is 43.4 Å². The van der Waals surface area contributed by atoms with Gasteiger partial charge in [-0.15, -0.1) is 0 Å². The summed E-state index contributed by atoms with van der Waals surface area (Å²) in [6.07, 6.45) is 1.88. The molecule has 0 aliphatic carbocycles. The molecule has 1 unspecified atom stereocenters. The van der Waals surface area contributed by atoms with Crippen LogP contribution < -0.4 is 5.32 Å². The minimum Gasteiger partial charge on any atom is -0.348 e. The van der Waals surface area contributed by atoms with Crippen LogP contribution in [-0.2, 0) is 16.0 Å². The van der Waals surface area contributed by atoms with E-state index in [0.717, 1.165) is 34.6 Å². The monoisotopic (exact) mass is 306 g/mol. The summed E-state index contributed by atoms with van der Waals surface area (Å²) in [5.41, 5.74) is 2.08. The summed E-state index contributed by atoms with van der Waals surface area (Å²) >= 11 is 6.20. The molecule has 0 amide bonds. The van der Waals surface area contributed by atoms with Crippen LogP contribution in [0.3, 0.4) is 0 Å². The van der Waals surface area contributed by atoms with Crippen LogP contribution in [0.4, 0.5) is 0 Å². The molecule has 5 heteroatoms. The number of rotatable bonds is 4. The number of benzene rings is 1. The summed E-state index contributed by atoms with van der Waals surface area (Å²) in [6, 6.07) is 7.82. The van der Waals surface area contributed by atoms with Crippen molar-refractivity contribution in [2.75, 3.05) is 13.2 Å². The van der Waals surface area contributed by atoms with Crippen molar-refractivity contribution in [3.8, 4) is 0 Å². The van der Waals surface area contributed by atoms with Gasteiger partial charge < -0.3 is 14.8 Å². The molecule has 0 spiro atoms. The lowest BCUT2D eigenvalue weighted by Crippen LogP contribution is -2.30. The minimum absolute atomic E-state index is 0.0894. The van der Waals surface area contributed by atoms with E-state index in [1.165, 1.54) is 0 Å². The molecule has 1 aliphatic heterocycles. The third-order valence-electron chi connectivity index (χ3n) is 3.55. The van der Waals surface area contributed by atoms with E-state index in [-0.39, 0.29) is 6.10 Å². The van der Waals surface area contributed by atoms with Gasteiger partial charge in [-0.05, 0) is 37.6 Å². The summed E-state index contributed by atoms with van der Waals surface area (Å²) in [5.74, 6) is -0.471. The van der Waals surface area contributed by atoms with Crippen molar-refractivity contribution in [1.82, 2.24) is 10.3 Å². The van der Waals surface area contributed by atoms with Gasteiger partial charge in [0.2, 0.25) is 0 Å². The molecular formula is C16H19ClN2O2. The molecule has 21 heavy (non-hydrogen) atoms. The molecule has 2 aromatic rings. The van der Waals surface area contributed by atoms with Gasteiger partial charge in [-0.2, -0.15) is 0 Å². The Bertz CT molecular complexity index is 645. The predicted molar refractivity (Wildman–Crippen MR) is 83.4 cm³/mol. The van der Waals surface area contributed by atoms with E-state index in [0.29, 0.717) is 6.61 Å². The number of fused-ring (bicyclic) bond motifs is 1. The highest BCUT2D eigenvalue weighted by atomic mass is 35.5. The normalized spacial score (nSPS) is 21.0. The lowest BCUT2D eigenvalue weighted by molar-refractivity contribution is -0.137. The molecule has 1 fully saturated rings. The second-order valence-electron chi connectivity index (χ2n) is 5.69. The van der Waals surface area contributed by atoms with Crippen molar-refractivity contribution in [3.63, 3.8) is 0 Å². The maximum Gasteiger partial charge on any atom is 0.163 e. The number of hydrogen-bond acceptors (Lipinski definition) is 4. The van der Waals surface area contributed by atoms with Gasteiger partial charge >= 0.3 is 0 Å². The summed E-state index contributed by atoms with van der Waals surface area (Å²) in [5, 5.41) is 5.12. The Labute approximate surface area is 129 Å². The van der Waals surface area contributed by atoms with E-state index < -0.39 is 5.79 Å². The van der Waals surface area contributed by atoms with Crippen molar-refractivity contribution in [2.45, 2.75) is 32.3 Å². The standard InChI is InChI=1S/C16H19ClN2O2/c1-16(2)20-10-12(21-16)9-18-8-11-5-6-14(17)13-4-3-7-19-15(11)13/h3-7,12,18H,8-10H2,1-2H3. The summed E-state index contributed by atoms with van der Waals surface area (Å²) in [6.45, 7) is 5.97. The van der Waals surface area contributed by atoms with Crippen LogP contribution in [0.15, 0.2) is 30.5 Å². The fraction of sp³-hybridized carbons (Fsp3) is 0.438. The maximum absolute atomic E-state index is 6.20. The van der Waals surface area contributed by atoms with E-state index in [1.807, 2.05) is 38.1 Å². The Kier molecular flexibility index (Phi) is 4.13. The van der Waals surface area contributed by atoms with Crippen LogP contribution in [0.2, 0.25) is 5.02 Å². The smallest absolute Gasteiger partial charge is 0.163 e. The molecule has 1 N–H and O–H groups in total. The zero-order valence-corrected chi connectivity index (χ0v) is 13.0. The van der Waals surface area contributed by atoms with Crippen molar-refractivity contribution in [1.29, 1.82) is 0 Å². The van der Waals surface area contributed by atoms with Crippen molar-refractivity contribution >= 4 is 22.5 Å². The van der Waals surface area contributed by atoms with E-state index in [2.05, 4.69) is 10.3 Å². The first-order chi connectivity index (χ1) is 10.1. The summed E-state index contributed by atoms with van der Waals surface area (Å²) in [4.78, 5) is 4.44. The summed E-state index contributed by atoms with van der Waals surface area (Å²) in [7, 11) is 0. The number of hydrogen-bond donors (Lipinski definition) is 1. The Balaban J connectivity index is 1.65. The Morgan fingerprint density at radius 2 is 2.24 bits per heavy atom. The maximum atomic E-state index is 6.20. The van der Waals surface area contributed by atoms with Gasteiger partial charge in [0.25, 0.3) is 0 Å². The zero-order chi connectivity index (χ0) is 14.9. The molecule has 1 aliphatic rings. The van der Waals surface area contributed by atoms with Gasteiger partial charge in [0.1, 0.15) is 0 Å². The molecular weight excluding hydrogens is 288 g/mol. The summed E-state index contributed by atoms with van der Waals surface area (Å²) < 4.78 is 11.3. The van der Waals surface area contributed by atoms with Crippen LogP contribution >= 0.6 is 11.6 Å². The highest BCUT2D eigenvalue weighted by Gasteiger charge is 2.32. The van der Waals surface area contributed by atoms with Gasteiger partial charge in [0, 0.05) is 29.7 Å². The first-order valence-corrected chi connectivity index (χ1v) is 7.47. The first-order valence-electron chi connectivity index (χ1n) is 7.10. The molecule has 4 nitrogen and oxygen atoms in total. The molecule has 1 aromatic heterocycles. The number of ether oxygens (including phenoxy) is 2. The fourth-order valence-corrected chi connectivity index (χ4v) is 2.79. The SMILES string of the molecule is CC1(C)OCC(CNCc2ccc(Cl)c3cccnc23)O1. The Hall–Kier alpha value is -1.20. The van der Waals surface area contributed by atoms with Gasteiger partial charge in [-0.25, -0.2) is 0 Å². The van der Waals surface area contributed by atoms with Crippen LogP contribution in [0, 0.1) is 0 Å². The van der Waals surface area contributed by atoms with E-state index in [9.17, 15) is 0 Å². The van der Waals surface area contributed by atoms with E-state index in [1.54, 1.807) is 6.20 Å². The highest BCUT2D eigenvalue weighted by molar-refractivity contribution is 6.35. The van der Waals surface area contributed by atoms with Crippen molar-refractivity contribution in [2.24, 2.45) is 0 Å². The van der Waals surface area contributed by atoms with Gasteiger partial charge in [0.05, 0.1) is 18.2 Å². The number of aromatic nitrogens is 1. The molecule has 3 rings (SSSR count). The van der Waals surface area contributed by atoms with Crippen molar-refractivity contribution in [3.05, 3.63) is 41.0 Å². The average molecular weight is 307 g/mol. The zero-order valence-electron chi connectivity index (χ0n) is 12.2. The molecule has 0 saturated carbocycles. The van der Waals surface area contributed by atoms with Crippen LogP contribution in [0.1, 0.15) is 19.4 Å².